The zero-order valence-electron chi connectivity index (χ0n) is 15.3. The van der Waals surface area contributed by atoms with E-state index in [9.17, 15) is 23.1 Å². The first-order chi connectivity index (χ1) is 11.9. The van der Waals surface area contributed by atoms with Gasteiger partial charge in [0, 0.05) is 14.7 Å². The summed E-state index contributed by atoms with van der Waals surface area (Å²) < 4.78 is 45.9. The number of aliphatic hydroxyl groups is 2. The molecule has 0 aliphatic rings. The first-order valence-electron chi connectivity index (χ1n) is 8.17. The minimum atomic E-state index is -4.93. The second-order valence-corrected chi connectivity index (χ2v) is 12.9. The molecule has 11 heteroatoms. The van der Waals surface area contributed by atoms with Crippen LogP contribution in [0.3, 0.4) is 0 Å². The van der Waals surface area contributed by atoms with Gasteiger partial charge >= 0.3 is 6.18 Å². The topological polar surface area (TPSA) is 96.6 Å². The third-order valence-electron chi connectivity index (χ3n) is 3.66. The Bertz CT molecular complexity index is 644. The molecule has 150 valence electrons. The quantitative estimate of drug-likeness (QED) is 0.434. The maximum atomic E-state index is 13.3. The van der Waals surface area contributed by atoms with Crippen molar-refractivity contribution < 1.29 is 28.1 Å². The van der Waals surface area contributed by atoms with Crippen molar-refractivity contribution >= 4 is 13.8 Å². The van der Waals surface area contributed by atoms with Crippen LogP contribution in [0, 0.1) is 0 Å². The number of ether oxygens (including phenoxy) is 1. The summed E-state index contributed by atoms with van der Waals surface area (Å²) in [6, 6.07) is -0.263. The molecule has 0 bridgehead atoms. The molecule has 0 aliphatic carbocycles. The predicted octanol–water partition coefficient (Wildman–Crippen LogP) is 1.73. The number of aliphatic hydroxyl groups excluding tert-OH is 2. The fourth-order valence-corrected chi connectivity index (χ4v) is 2.77. The molecule has 0 saturated heterocycles. The maximum Gasteiger partial charge on any atom is 0.423 e. The van der Waals surface area contributed by atoms with E-state index in [1.807, 2.05) is 0 Å². The van der Waals surface area contributed by atoms with Crippen LogP contribution in [0.1, 0.15) is 12.5 Å². The van der Waals surface area contributed by atoms with Gasteiger partial charge < -0.3 is 20.3 Å². The van der Waals surface area contributed by atoms with Gasteiger partial charge in [-0.3, -0.25) is 4.79 Å². The lowest BCUT2D eigenvalue weighted by Gasteiger charge is -2.22. The molecule has 2 atom stereocenters. The molecule has 0 amide bonds. The molecule has 0 fully saturated rings. The van der Waals surface area contributed by atoms with Gasteiger partial charge in [0.2, 0.25) is 0 Å². The number of anilines is 1. The minimum absolute atomic E-state index is 0.333. The molecule has 26 heavy (non-hydrogen) atoms. The summed E-state index contributed by atoms with van der Waals surface area (Å²) in [6.07, 6.45) is -5.22. The van der Waals surface area contributed by atoms with E-state index in [4.69, 9.17) is 9.84 Å². The lowest BCUT2D eigenvalue weighted by Crippen LogP contribution is -2.38. The normalized spacial score (nSPS) is 15.0. The molecule has 0 aromatic carbocycles. The molecule has 1 aromatic rings. The Morgan fingerprint density at radius 2 is 2.00 bits per heavy atom. The highest BCUT2D eigenvalue weighted by Crippen LogP contribution is 2.32. The Morgan fingerprint density at radius 1 is 1.38 bits per heavy atom. The van der Waals surface area contributed by atoms with Crippen LogP contribution in [0.5, 0.6) is 0 Å². The lowest BCUT2D eigenvalue weighted by molar-refractivity contribution is -0.138. The van der Waals surface area contributed by atoms with Crippen molar-refractivity contribution in [3.63, 3.8) is 0 Å². The molecule has 0 radical (unpaired) electrons. The summed E-state index contributed by atoms with van der Waals surface area (Å²) in [4.78, 5) is 12.2. The number of hydrogen-bond donors (Lipinski definition) is 3. The van der Waals surface area contributed by atoms with E-state index in [1.54, 1.807) is 0 Å². The smallest absolute Gasteiger partial charge is 0.394 e. The average Bonchev–Trinajstić information content (AvgIpc) is 2.48. The highest BCUT2D eigenvalue weighted by atomic mass is 28.3. The van der Waals surface area contributed by atoms with Crippen molar-refractivity contribution in [3.8, 4) is 0 Å². The van der Waals surface area contributed by atoms with Crippen LogP contribution in [0.25, 0.3) is 0 Å². The zero-order valence-corrected chi connectivity index (χ0v) is 16.3. The van der Waals surface area contributed by atoms with Crippen molar-refractivity contribution in [1.82, 2.24) is 9.78 Å². The monoisotopic (exact) mass is 397 g/mol. The van der Waals surface area contributed by atoms with E-state index in [-0.39, 0.29) is 6.73 Å². The molecule has 3 N–H and O–H groups in total. The Morgan fingerprint density at radius 3 is 2.46 bits per heavy atom. The van der Waals surface area contributed by atoms with Gasteiger partial charge in [0.05, 0.1) is 30.6 Å². The van der Waals surface area contributed by atoms with E-state index in [0.717, 1.165) is 12.2 Å². The van der Waals surface area contributed by atoms with E-state index in [1.165, 1.54) is 6.92 Å². The highest BCUT2D eigenvalue weighted by molar-refractivity contribution is 6.76. The molecule has 1 aromatic heterocycles. The standard InChI is InChI=1S/C15H26F3N3O4Si/c1-10(23)12(8-22)20-11-7-19-21(9-25-5-6-26(2,3)4)14(24)13(11)15(16,17)18/h7,10,12,20,22-23H,5-6,8-9H2,1-4H3/t10-,12-/m1/s1. The van der Waals surface area contributed by atoms with Crippen LogP contribution in [0.15, 0.2) is 11.0 Å². The Labute approximate surface area is 150 Å². The van der Waals surface area contributed by atoms with E-state index >= 15 is 0 Å². The van der Waals surface area contributed by atoms with Crippen molar-refractivity contribution in [2.45, 2.75) is 57.7 Å². The van der Waals surface area contributed by atoms with E-state index in [0.29, 0.717) is 11.3 Å². The Hall–Kier alpha value is -1.43. The van der Waals surface area contributed by atoms with E-state index in [2.05, 4.69) is 30.1 Å². The molecule has 0 unspecified atom stereocenters. The summed E-state index contributed by atoms with van der Waals surface area (Å²) in [6.45, 7) is 7.03. The molecule has 0 aliphatic heterocycles. The molecule has 0 spiro atoms. The van der Waals surface area contributed by atoms with Crippen LogP contribution in [0.4, 0.5) is 18.9 Å². The van der Waals surface area contributed by atoms with Crippen LogP contribution >= 0.6 is 0 Å². The summed E-state index contributed by atoms with van der Waals surface area (Å²) in [5.74, 6) is 0. The third-order valence-corrected chi connectivity index (χ3v) is 5.36. The number of rotatable bonds is 9. The first kappa shape index (κ1) is 22.6. The molecule has 0 saturated carbocycles. The molecule has 7 nitrogen and oxygen atoms in total. The second kappa shape index (κ2) is 8.98. The van der Waals surface area contributed by atoms with Gasteiger partial charge in [-0.25, -0.2) is 4.68 Å². The van der Waals surface area contributed by atoms with Crippen LogP contribution in [-0.4, -0.2) is 53.4 Å². The van der Waals surface area contributed by atoms with Gasteiger partial charge in [-0.1, -0.05) is 19.6 Å². The summed E-state index contributed by atoms with van der Waals surface area (Å²) >= 11 is 0. The average molecular weight is 397 g/mol. The second-order valence-electron chi connectivity index (χ2n) is 7.26. The van der Waals surface area contributed by atoms with Crippen molar-refractivity contribution in [2.75, 3.05) is 18.5 Å². The molecular formula is C15H26F3N3O4Si. The third kappa shape index (κ3) is 6.70. The van der Waals surface area contributed by atoms with Gasteiger partial charge in [-0.15, -0.1) is 0 Å². The van der Waals surface area contributed by atoms with Gasteiger partial charge in [0.1, 0.15) is 12.3 Å². The van der Waals surface area contributed by atoms with Crippen LogP contribution in [-0.2, 0) is 17.6 Å². The fraction of sp³-hybridized carbons (Fsp3) is 0.733. The van der Waals surface area contributed by atoms with E-state index < -0.39 is 49.8 Å². The zero-order chi connectivity index (χ0) is 20.1. The number of nitrogens with zero attached hydrogens (tertiary/aromatic N) is 2. The van der Waals surface area contributed by atoms with Crippen molar-refractivity contribution in [3.05, 3.63) is 22.1 Å². The van der Waals surface area contributed by atoms with Gasteiger partial charge in [-0.05, 0) is 13.0 Å². The van der Waals surface area contributed by atoms with Gasteiger partial charge in [0.25, 0.3) is 5.56 Å². The van der Waals surface area contributed by atoms with Crippen molar-refractivity contribution in [1.29, 1.82) is 0 Å². The minimum Gasteiger partial charge on any atom is -0.394 e. The molecular weight excluding hydrogens is 371 g/mol. The molecule has 1 rings (SSSR count). The number of alkyl halides is 3. The fourth-order valence-electron chi connectivity index (χ4n) is 2.01. The first-order valence-corrected chi connectivity index (χ1v) is 11.9. The summed E-state index contributed by atoms with van der Waals surface area (Å²) in [5, 5.41) is 24.7. The summed E-state index contributed by atoms with van der Waals surface area (Å²) in [5.41, 5.74) is -3.39. The highest BCUT2D eigenvalue weighted by Gasteiger charge is 2.39. The number of halogens is 3. The Kier molecular flexibility index (Phi) is 7.80. The number of hydrogen-bond acceptors (Lipinski definition) is 6. The van der Waals surface area contributed by atoms with Crippen molar-refractivity contribution in [2.24, 2.45) is 0 Å². The van der Waals surface area contributed by atoms with Crippen LogP contribution < -0.4 is 10.9 Å². The van der Waals surface area contributed by atoms with Gasteiger partial charge in [-0.2, -0.15) is 18.3 Å². The maximum absolute atomic E-state index is 13.3. The Balaban J connectivity index is 3.06. The lowest BCUT2D eigenvalue weighted by atomic mass is 10.1. The van der Waals surface area contributed by atoms with Crippen LogP contribution in [0.2, 0.25) is 25.7 Å². The summed E-state index contributed by atoms with van der Waals surface area (Å²) in [7, 11) is -1.36. The number of aromatic nitrogens is 2. The largest absolute Gasteiger partial charge is 0.423 e. The van der Waals surface area contributed by atoms with Gasteiger partial charge in [0.15, 0.2) is 0 Å². The number of nitrogens with one attached hydrogen (secondary N) is 1. The SMILES string of the molecule is C[C@@H](O)[C@@H](CO)Nc1cnn(COCC[Si](C)(C)C)c(=O)c1C(F)(F)F. The predicted molar refractivity (Wildman–Crippen MR) is 93.8 cm³/mol. The molecule has 1 heterocycles.